The van der Waals surface area contributed by atoms with E-state index in [1.807, 2.05) is 0 Å². The molecule has 0 radical (unpaired) electrons. The molecule has 0 aliphatic rings. The minimum absolute atomic E-state index is 0.143. The first-order valence-electron chi connectivity index (χ1n) is 8.26. The van der Waals surface area contributed by atoms with Crippen molar-refractivity contribution in [1.29, 1.82) is 0 Å². The average molecular weight is 341 g/mol. The Labute approximate surface area is 136 Å². The Bertz CT molecular complexity index is 353. The molecular formula is C15H34NO5S+. The van der Waals surface area contributed by atoms with Gasteiger partial charge in [0.25, 0.3) is 10.1 Å². The maximum absolute atomic E-state index is 10.8. The highest BCUT2D eigenvalue weighted by molar-refractivity contribution is 7.85. The molecule has 0 rings (SSSR count). The lowest BCUT2D eigenvalue weighted by atomic mass is 10.2. The average Bonchev–Trinajstić information content (AvgIpc) is 2.43. The molecule has 7 heteroatoms. The second kappa shape index (κ2) is 12.2. The van der Waals surface area contributed by atoms with Gasteiger partial charge < -0.3 is 14.0 Å². The van der Waals surface area contributed by atoms with Gasteiger partial charge in [0.05, 0.1) is 45.2 Å². The Hall–Kier alpha value is -0.210. The lowest BCUT2D eigenvalue weighted by Gasteiger charge is -2.38. The third kappa shape index (κ3) is 11.4. The SMILES string of the molecule is CCC[N+](CCC)(CCCCS(=O)(=O)O)CCOCCOC. The van der Waals surface area contributed by atoms with Gasteiger partial charge in [-0.05, 0) is 25.7 Å². The van der Waals surface area contributed by atoms with Gasteiger partial charge in [0.15, 0.2) is 0 Å². The van der Waals surface area contributed by atoms with Crippen LogP contribution in [0.4, 0.5) is 0 Å². The van der Waals surface area contributed by atoms with Crippen molar-refractivity contribution in [2.24, 2.45) is 0 Å². The summed E-state index contributed by atoms with van der Waals surface area (Å²) in [7, 11) is -2.18. The first-order chi connectivity index (χ1) is 10.4. The van der Waals surface area contributed by atoms with Crippen molar-refractivity contribution in [2.75, 3.05) is 58.9 Å². The van der Waals surface area contributed by atoms with E-state index in [9.17, 15) is 8.42 Å². The van der Waals surface area contributed by atoms with Crippen LogP contribution in [0.3, 0.4) is 0 Å². The fourth-order valence-corrected chi connectivity index (χ4v) is 3.42. The number of quaternary nitrogens is 1. The Balaban J connectivity index is 4.36. The van der Waals surface area contributed by atoms with Crippen LogP contribution < -0.4 is 0 Å². The van der Waals surface area contributed by atoms with Crippen LogP contribution in [0.15, 0.2) is 0 Å². The van der Waals surface area contributed by atoms with Gasteiger partial charge in [0.1, 0.15) is 6.54 Å². The highest BCUT2D eigenvalue weighted by atomic mass is 32.2. The van der Waals surface area contributed by atoms with Crippen LogP contribution in [-0.4, -0.2) is 76.3 Å². The molecule has 6 nitrogen and oxygen atoms in total. The number of ether oxygens (including phenoxy) is 2. The minimum atomic E-state index is -3.84. The van der Waals surface area contributed by atoms with Crippen LogP contribution in [0.25, 0.3) is 0 Å². The molecule has 0 heterocycles. The summed E-state index contributed by atoms with van der Waals surface area (Å²) >= 11 is 0. The highest BCUT2D eigenvalue weighted by Crippen LogP contribution is 2.13. The summed E-state index contributed by atoms with van der Waals surface area (Å²) in [6, 6.07) is 0. The van der Waals surface area contributed by atoms with Gasteiger partial charge in [-0.15, -0.1) is 0 Å². The molecule has 0 aliphatic heterocycles. The summed E-state index contributed by atoms with van der Waals surface area (Å²) in [5.74, 6) is -0.143. The molecule has 0 spiro atoms. The largest absolute Gasteiger partial charge is 0.382 e. The number of unbranched alkanes of at least 4 members (excludes halogenated alkanes) is 1. The van der Waals surface area contributed by atoms with E-state index < -0.39 is 10.1 Å². The smallest absolute Gasteiger partial charge is 0.264 e. The molecule has 134 valence electrons. The van der Waals surface area contributed by atoms with E-state index in [4.69, 9.17) is 14.0 Å². The van der Waals surface area contributed by atoms with E-state index in [0.717, 1.165) is 49.9 Å². The molecule has 0 aromatic heterocycles. The fraction of sp³-hybridized carbons (Fsp3) is 1.00. The van der Waals surface area contributed by atoms with Crippen molar-refractivity contribution in [3.8, 4) is 0 Å². The van der Waals surface area contributed by atoms with E-state index in [1.54, 1.807) is 7.11 Å². The van der Waals surface area contributed by atoms with Gasteiger partial charge in [0.2, 0.25) is 0 Å². The van der Waals surface area contributed by atoms with Crippen molar-refractivity contribution in [2.45, 2.75) is 39.5 Å². The van der Waals surface area contributed by atoms with E-state index >= 15 is 0 Å². The molecule has 0 fully saturated rings. The van der Waals surface area contributed by atoms with Crippen LogP contribution >= 0.6 is 0 Å². The molecular weight excluding hydrogens is 306 g/mol. The maximum atomic E-state index is 10.8. The van der Waals surface area contributed by atoms with Gasteiger partial charge in [-0.1, -0.05) is 13.8 Å². The topological polar surface area (TPSA) is 72.8 Å². The predicted octanol–water partition coefficient (Wildman–Crippen LogP) is 1.95. The molecule has 1 N–H and O–H groups in total. The molecule has 0 amide bonds. The second-order valence-corrected chi connectivity index (χ2v) is 7.41. The zero-order valence-corrected chi connectivity index (χ0v) is 15.2. The van der Waals surface area contributed by atoms with Crippen molar-refractivity contribution >= 4 is 10.1 Å². The fourth-order valence-electron chi connectivity index (χ4n) is 2.85. The molecule has 0 saturated carbocycles. The number of hydrogen-bond donors (Lipinski definition) is 1. The van der Waals surface area contributed by atoms with Crippen LogP contribution in [0.2, 0.25) is 0 Å². The molecule has 0 bridgehead atoms. The molecule has 0 unspecified atom stereocenters. The number of hydrogen-bond acceptors (Lipinski definition) is 4. The van der Waals surface area contributed by atoms with Gasteiger partial charge >= 0.3 is 0 Å². The van der Waals surface area contributed by atoms with E-state index in [2.05, 4.69) is 13.8 Å². The predicted molar refractivity (Wildman–Crippen MR) is 88.7 cm³/mol. The van der Waals surface area contributed by atoms with Crippen molar-refractivity contribution in [1.82, 2.24) is 0 Å². The molecule has 0 aliphatic carbocycles. The Kier molecular flexibility index (Phi) is 12.1. The monoisotopic (exact) mass is 340 g/mol. The molecule has 0 aromatic rings. The molecule has 22 heavy (non-hydrogen) atoms. The second-order valence-electron chi connectivity index (χ2n) is 5.83. The van der Waals surface area contributed by atoms with Crippen molar-refractivity contribution in [3.05, 3.63) is 0 Å². The summed E-state index contributed by atoms with van der Waals surface area (Å²) in [6.45, 7) is 10.3. The first-order valence-corrected chi connectivity index (χ1v) is 9.87. The van der Waals surface area contributed by atoms with E-state index in [-0.39, 0.29) is 5.75 Å². The number of nitrogens with zero attached hydrogens (tertiary/aromatic N) is 1. The van der Waals surface area contributed by atoms with E-state index in [1.165, 1.54) is 0 Å². The summed E-state index contributed by atoms with van der Waals surface area (Å²) in [4.78, 5) is 0. The molecule has 0 aromatic carbocycles. The summed E-state index contributed by atoms with van der Waals surface area (Å²) in [5.41, 5.74) is 0. The standard InChI is InChI=1S/C15H33NO5S/c1-4-8-16(9-5-2,11-12-21-14-13-20-3)10-6-7-15-22(17,18)19/h4-15H2,1-3H3/p+1. The zero-order valence-electron chi connectivity index (χ0n) is 14.4. The van der Waals surface area contributed by atoms with Gasteiger partial charge in [0, 0.05) is 7.11 Å². The first kappa shape index (κ1) is 21.8. The van der Waals surface area contributed by atoms with Gasteiger partial charge in [-0.25, -0.2) is 0 Å². The number of rotatable bonds is 15. The van der Waals surface area contributed by atoms with Gasteiger partial charge in [-0.3, -0.25) is 4.55 Å². The van der Waals surface area contributed by atoms with Crippen LogP contribution in [0.1, 0.15) is 39.5 Å². The van der Waals surface area contributed by atoms with Crippen molar-refractivity contribution < 1.29 is 26.9 Å². The van der Waals surface area contributed by atoms with Crippen LogP contribution in [0, 0.1) is 0 Å². The molecule has 0 atom stereocenters. The van der Waals surface area contributed by atoms with Crippen molar-refractivity contribution in [3.63, 3.8) is 0 Å². The third-order valence-electron chi connectivity index (χ3n) is 3.82. The quantitative estimate of drug-likeness (QED) is 0.280. The summed E-state index contributed by atoms with van der Waals surface area (Å²) in [6.07, 6.45) is 3.50. The lowest BCUT2D eigenvalue weighted by Crippen LogP contribution is -2.52. The Morgan fingerprint density at radius 1 is 0.909 bits per heavy atom. The van der Waals surface area contributed by atoms with E-state index in [0.29, 0.717) is 26.2 Å². The highest BCUT2D eigenvalue weighted by Gasteiger charge is 2.25. The summed E-state index contributed by atoms with van der Waals surface area (Å²) in [5, 5.41) is 0. The normalized spacial score (nSPS) is 12.7. The maximum Gasteiger partial charge on any atom is 0.264 e. The zero-order chi connectivity index (χ0) is 16.9. The Morgan fingerprint density at radius 3 is 2.05 bits per heavy atom. The summed E-state index contributed by atoms with van der Waals surface area (Å²) < 4.78 is 41.9. The van der Waals surface area contributed by atoms with Gasteiger partial charge in [-0.2, -0.15) is 8.42 Å². The third-order valence-corrected chi connectivity index (χ3v) is 4.63. The Morgan fingerprint density at radius 2 is 1.55 bits per heavy atom. The van der Waals surface area contributed by atoms with Crippen LogP contribution in [-0.2, 0) is 19.6 Å². The lowest BCUT2D eigenvalue weighted by molar-refractivity contribution is -0.928. The number of methoxy groups -OCH3 is 1. The molecule has 0 saturated heterocycles. The van der Waals surface area contributed by atoms with Crippen LogP contribution in [0.5, 0.6) is 0 Å². The minimum Gasteiger partial charge on any atom is -0.382 e.